The van der Waals surface area contributed by atoms with Crippen molar-refractivity contribution in [1.82, 2.24) is 0 Å². The van der Waals surface area contributed by atoms with E-state index in [1.165, 1.54) is 6.07 Å². The fourth-order valence-electron chi connectivity index (χ4n) is 3.60. The zero-order valence-corrected chi connectivity index (χ0v) is 15.2. The summed E-state index contributed by atoms with van der Waals surface area (Å²) in [7, 11) is 0. The smallest absolute Gasteiger partial charge is 0.230 e. The second-order valence-electron chi connectivity index (χ2n) is 7.35. The first-order chi connectivity index (χ1) is 13.1. The number of amides is 2. The average molecular weight is 366 g/mol. The number of carbonyl (C=O) groups is 2. The second-order valence-corrected chi connectivity index (χ2v) is 7.35. The monoisotopic (exact) mass is 366 g/mol. The molecule has 0 aromatic heterocycles. The van der Waals surface area contributed by atoms with Crippen LogP contribution in [0.5, 0.6) is 0 Å². The van der Waals surface area contributed by atoms with Crippen LogP contribution >= 0.6 is 0 Å². The Kier molecular flexibility index (Phi) is 4.92. The lowest BCUT2D eigenvalue weighted by Gasteiger charge is -2.30. The average Bonchev–Trinajstić information content (AvgIpc) is 3.51. The number of aryl methyl sites for hydroxylation is 2. The summed E-state index contributed by atoms with van der Waals surface area (Å²) in [6.07, 6.45) is 4.46. The summed E-state index contributed by atoms with van der Waals surface area (Å²) < 4.78 is 13.7. The van der Waals surface area contributed by atoms with Gasteiger partial charge in [0, 0.05) is 30.3 Å². The summed E-state index contributed by atoms with van der Waals surface area (Å²) in [5.41, 5.74) is 3.30. The number of carbonyl (C=O) groups excluding carboxylic acids is 2. The molecule has 1 fully saturated rings. The Morgan fingerprint density at radius 2 is 1.96 bits per heavy atom. The third-order valence-corrected chi connectivity index (χ3v) is 5.26. The van der Waals surface area contributed by atoms with Gasteiger partial charge in [-0.1, -0.05) is 24.3 Å². The van der Waals surface area contributed by atoms with Gasteiger partial charge >= 0.3 is 0 Å². The van der Waals surface area contributed by atoms with Crippen LogP contribution in [0.2, 0.25) is 0 Å². The van der Waals surface area contributed by atoms with E-state index in [9.17, 15) is 14.0 Å². The highest BCUT2D eigenvalue weighted by Gasteiger charge is 2.35. The molecule has 2 aromatic rings. The quantitative estimate of drug-likeness (QED) is 0.867. The summed E-state index contributed by atoms with van der Waals surface area (Å²) >= 11 is 0. The Morgan fingerprint density at radius 1 is 1.15 bits per heavy atom. The molecule has 1 aliphatic carbocycles. The first-order valence-electron chi connectivity index (χ1n) is 9.59. The summed E-state index contributed by atoms with van der Waals surface area (Å²) in [6, 6.07) is 12.3. The Bertz CT molecular complexity index is 876. The molecule has 1 aliphatic heterocycles. The Morgan fingerprint density at radius 3 is 2.74 bits per heavy atom. The molecule has 0 bridgehead atoms. The molecule has 27 heavy (non-hydrogen) atoms. The zero-order chi connectivity index (χ0) is 18.8. The molecule has 4 nitrogen and oxygen atoms in total. The minimum atomic E-state index is -0.284. The number of fused-ring (bicyclic) bond motifs is 1. The van der Waals surface area contributed by atoms with E-state index in [1.807, 2.05) is 23.1 Å². The lowest BCUT2D eigenvalue weighted by atomic mass is 10.0. The van der Waals surface area contributed by atoms with E-state index in [-0.39, 0.29) is 30.0 Å². The van der Waals surface area contributed by atoms with Crippen molar-refractivity contribution >= 4 is 23.2 Å². The Hall–Kier alpha value is -2.69. The van der Waals surface area contributed by atoms with Crippen LogP contribution in [0.1, 0.15) is 36.8 Å². The maximum absolute atomic E-state index is 13.7. The molecule has 2 amide bonds. The lowest BCUT2D eigenvalue weighted by Crippen LogP contribution is -2.36. The minimum Gasteiger partial charge on any atom is -0.326 e. The molecule has 2 aliphatic rings. The topological polar surface area (TPSA) is 49.4 Å². The highest BCUT2D eigenvalue weighted by atomic mass is 19.1. The minimum absolute atomic E-state index is 0.158. The number of nitrogens with one attached hydrogen (secondary N) is 1. The summed E-state index contributed by atoms with van der Waals surface area (Å²) in [4.78, 5) is 26.7. The number of halogens is 1. The Labute approximate surface area is 158 Å². The molecule has 1 N–H and O–H groups in total. The van der Waals surface area contributed by atoms with Crippen molar-refractivity contribution in [2.75, 3.05) is 16.8 Å². The normalized spacial score (nSPS) is 16.0. The van der Waals surface area contributed by atoms with Crippen molar-refractivity contribution in [3.63, 3.8) is 0 Å². The van der Waals surface area contributed by atoms with E-state index < -0.39 is 0 Å². The molecule has 2 aromatic carbocycles. The van der Waals surface area contributed by atoms with Gasteiger partial charge in [-0.15, -0.1) is 0 Å². The molecule has 4 rings (SSSR count). The third kappa shape index (κ3) is 4.02. The summed E-state index contributed by atoms with van der Waals surface area (Å²) in [5, 5.41) is 2.89. The van der Waals surface area contributed by atoms with Gasteiger partial charge in [0.05, 0.1) is 0 Å². The van der Waals surface area contributed by atoms with Crippen LogP contribution in [-0.2, 0) is 22.4 Å². The van der Waals surface area contributed by atoms with Crippen molar-refractivity contribution in [1.29, 1.82) is 0 Å². The van der Waals surface area contributed by atoms with Gasteiger partial charge in [-0.2, -0.15) is 0 Å². The van der Waals surface area contributed by atoms with Crippen LogP contribution in [-0.4, -0.2) is 18.4 Å². The van der Waals surface area contributed by atoms with Crippen LogP contribution in [0.15, 0.2) is 42.5 Å². The molecule has 0 atom stereocenters. The number of hydrogen-bond donors (Lipinski definition) is 1. The maximum Gasteiger partial charge on any atom is 0.230 e. The highest BCUT2D eigenvalue weighted by molar-refractivity contribution is 5.99. The van der Waals surface area contributed by atoms with Crippen LogP contribution in [0, 0.1) is 11.7 Å². The largest absolute Gasteiger partial charge is 0.326 e. The van der Waals surface area contributed by atoms with Gasteiger partial charge in [0.25, 0.3) is 0 Å². The van der Waals surface area contributed by atoms with Gasteiger partial charge in [0.1, 0.15) is 5.82 Å². The molecule has 0 radical (unpaired) electrons. The van der Waals surface area contributed by atoms with E-state index >= 15 is 0 Å². The molecule has 0 spiro atoms. The fourth-order valence-corrected chi connectivity index (χ4v) is 3.60. The maximum atomic E-state index is 13.7. The van der Waals surface area contributed by atoms with Gasteiger partial charge in [-0.3, -0.25) is 9.59 Å². The van der Waals surface area contributed by atoms with Crippen LogP contribution in [0.25, 0.3) is 0 Å². The van der Waals surface area contributed by atoms with Gasteiger partial charge < -0.3 is 10.2 Å². The number of nitrogens with zero attached hydrogens (tertiary/aromatic N) is 1. The molecular formula is C22H23FN2O2. The number of anilines is 2. The first kappa shape index (κ1) is 17.7. The van der Waals surface area contributed by atoms with Crippen molar-refractivity contribution in [3.05, 3.63) is 59.4 Å². The van der Waals surface area contributed by atoms with Crippen LogP contribution < -0.4 is 10.2 Å². The van der Waals surface area contributed by atoms with E-state index in [0.717, 1.165) is 43.5 Å². The van der Waals surface area contributed by atoms with Gasteiger partial charge in [-0.25, -0.2) is 4.39 Å². The number of benzene rings is 2. The summed E-state index contributed by atoms with van der Waals surface area (Å²) in [6.45, 7) is 0.743. The van der Waals surface area contributed by atoms with Crippen molar-refractivity contribution < 1.29 is 14.0 Å². The zero-order valence-electron chi connectivity index (χ0n) is 15.2. The summed E-state index contributed by atoms with van der Waals surface area (Å²) in [5.74, 6) is -0.0589. The molecule has 0 saturated heterocycles. The molecule has 1 saturated carbocycles. The van der Waals surface area contributed by atoms with Crippen molar-refractivity contribution in [3.8, 4) is 0 Å². The number of rotatable bonds is 5. The first-order valence-corrected chi connectivity index (χ1v) is 9.59. The highest BCUT2D eigenvalue weighted by Crippen LogP contribution is 2.36. The van der Waals surface area contributed by atoms with Gasteiger partial charge in [0.2, 0.25) is 11.8 Å². The van der Waals surface area contributed by atoms with Crippen LogP contribution in [0.4, 0.5) is 15.8 Å². The van der Waals surface area contributed by atoms with Gasteiger partial charge in [0.15, 0.2) is 0 Å². The third-order valence-electron chi connectivity index (χ3n) is 5.26. The van der Waals surface area contributed by atoms with E-state index in [2.05, 4.69) is 5.32 Å². The lowest BCUT2D eigenvalue weighted by molar-refractivity contribution is -0.120. The van der Waals surface area contributed by atoms with Crippen LogP contribution in [0.3, 0.4) is 0 Å². The molecular weight excluding hydrogens is 343 g/mol. The molecule has 1 heterocycles. The van der Waals surface area contributed by atoms with E-state index in [0.29, 0.717) is 17.7 Å². The predicted octanol–water partition coefficient (Wildman–Crippen LogP) is 4.09. The molecule has 5 heteroatoms. The van der Waals surface area contributed by atoms with E-state index in [4.69, 9.17) is 0 Å². The molecule has 0 unspecified atom stereocenters. The predicted molar refractivity (Wildman–Crippen MR) is 103 cm³/mol. The standard InChI is InChI=1S/C22H23FN2O2/c23-19-6-2-1-4-15(19)10-12-21(26)24-18-11-9-16-5-3-13-25(20(16)14-18)22(27)17-7-8-17/h1-2,4,6,9,11,14,17H,3,5,7-8,10,12-13H2,(H,24,26). The SMILES string of the molecule is O=C(CCc1ccccc1F)Nc1ccc2c(c1)N(C(=O)C1CC1)CCC2. The van der Waals surface area contributed by atoms with Crippen molar-refractivity contribution in [2.24, 2.45) is 5.92 Å². The Balaban J connectivity index is 1.43. The second kappa shape index (κ2) is 7.51. The molecule has 140 valence electrons. The van der Waals surface area contributed by atoms with E-state index in [1.54, 1.807) is 18.2 Å². The number of hydrogen-bond acceptors (Lipinski definition) is 2. The van der Waals surface area contributed by atoms with Crippen molar-refractivity contribution in [2.45, 2.75) is 38.5 Å². The van der Waals surface area contributed by atoms with Gasteiger partial charge in [-0.05, 0) is 61.4 Å². The fraction of sp³-hybridized carbons (Fsp3) is 0.364.